The van der Waals surface area contributed by atoms with Gasteiger partial charge in [0.25, 0.3) is 0 Å². The van der Waals surface area contributed by atoms with Crippen molar-refractivity contribution in [1.29, 1.82) is 0 Å². The number of morpholine rings is 1. The lowest BCUT2D eigenvalue weighted by molar-refractivity contribution is -0.0801. The zero-order valence-corrected chi connectivity index (χ0v) is 10.9. The molecule has 1 N–H and O–H groups in total. The molecule has 2 aliphatic rings. The van der Waals surface area contributed by atoms with Crippen LogP contribution in [0.4, 0.5) is 0 Å². The molecule has 18 heavy (non-hydrogen) atoms. The van der Waals surface area contributed by atoms with Gasteiger partial charge in [0.1, 0.15) is 5.75 Å². The lowest BCUT2D eigenvalue weighted by Crippen LogP contribution is -2.49. The van der Waals surface area contributed by atoms with E-state index in [-0.39, 0.29) is 6.10 Å². The van der Waals surface area contributed by atoms with Gasteiger partial charge in [0, 0.05) is 12.6 Å². The van der Waals surface area contributed by atoms with Crippen molar-refractivity contribution in [2.75, 3.05) is 19.7 Å². The average Bonchev–Trinajstić information content (AvgIpc) is 2.39. The molecule has 1 heterocycles. The average molecular weight is 246 g/mol. The van der Waals surface area contributed by atoms with Gasteiger partial charge in [-0.1, -0.05) is 13.0 Å². The van der Waals surface area contributed by atoms with Crippen molar-refractivity contribution in [3.8, 4) is 5.75 Å². The van der Waals surface area contributed by atoms with E-state index in [0.29, 0.717) is 11.8 Å². The smallest absolute Gasteiger partial charge is 0.115 e. The molecule has 0 saturated carbocycles. The number of hydrogen-bond acceptors (Lipinski definition) is 3. The molecule has 3 nitrogen and oxygen atoms in total. The number of fused-ring (bicyclic) bond motifs is 3. The molecule has 0 radical (unpaired) electrons. The Morgan fingerprint density at radius 2 is 2.33 bits per heavy atom. The summed E-state index contributed by atoms with van der Waals surface area (Å²) in [5, 5.41) is 9.68. The Balaban J connectivity index is 1.91. The van der Waals surface area contributed by atoms with Crippen LogP contribution in [0.1, 0.15) is 37.0 Å². The number of nitrogens with zero attached hydrogens (tertiary/aromatic N) is 1. The molecule has 1 saturated heterocycles. The predicted molar refractivity (Wildman–Crippen MR) is 70.8 cm³/mol. The SMILES string of the molecule is CC[11CH2]N1CCO[C@@H]2c3cc(O)ccc3CC[C@H]21. The molecule has 1 fully saturated rings. The summed E-state index contributed by atoms with van der Waals surface area (Å²) in [6.45, 7) is 5.23. The monoisotopic (exact) mass is 246 g/mol. The molecule has 0 amide bonds. The van der Waals surface area contributed by atoms with Crippen molar-refractivity contribution in [2.24, 2.45) is 0 Å². The number of aryl methyl sites for hydroxylation is 1. The van der Waals surface area contributed by atoms with Gasteiger partial charge in [0.15, 0.2) is 0 Å². The van der Waals surface area contributed by atoms with Crippen LogP contribution in [-0.4, -0.2) is 35.7 Å². The Bertz CT molecular complexity index is 431. The third-order valence-corrected chi connectivity index (χ3v) is 4.15. The van der Waals surface area contributed by atoms with Crippen LogP contribution in [0.25, 0.3) is 0 Å². The van der Waals surface area contributed by atoms with E-state index in [2.05, 4.69) is 11.8 Å². The summed E-state index contributed by atoms with van der Waals surface area (Å²) in [4.78, 5) is 2.56. The van der Waals surface area contributed by atoms with Crippen LogP contribution in [0.5, 0.6) is 5.75 Å². The quantitative estimate of drug-likeness (QED) is 0.870. The molecule has 1 aliphatic carbocycles. The Labute approximate surface area is 108 Å². The standard InChI is InChI=1S/C15H21NO2/c1-2-7-16-8-9-18-15-13-10-12(17)5-3-11(13)4-6-14(15)16/h3,5,10,14-15,17H,2,4,6-9H2,1H3/t14-,15-/m1/s1/i7-1. The highest BCUT2D eigenvalue weighted by Gasteiger charge is 2.36. The largest absolute Gasteiger partial charge is 0.508 e. The lowest BCUT2D eigenvalue weighted by atomic mass is 9.81. The highest BCUT2D eigenvalue weighted by molar-refractivity contribution is 5.39. The highest BCUT2D eigenvalue weighted by Crippen LogP contribution is 2.39. The highest BCUT2D eigenvalue weighted by atomic mass is 16.5. The molecular weight excluding hydrogens is 225 g/mol. The maximum atomic E-state index is 9.68. The molecule has 2 atom stereocenters. The first kappa shape index (κ1) is 12.0. The van der Waals surface area contributed by atoms with Gasteiger partial charge in [-0.15, -0.1) is 0 Å². The van der Waals surface area contributed by atoms with Crippen LogP contribution in [0.3, 0.4) is 0 Å². The molecule has 3 rings (SSSR count). The fraction of sp³-hybridized carbons (Fsp3) is 0.600. The zero-order valence-electron chi connectivity index (χ0n) is 10.9. The number of ether oxygens (including phenoxy) is 1. The number of phenols is 1. The summed E-state index contributed by atoms with van der Waals surface area (Å²) >= 11 is 0. The van der Waals surface area contributed by atoms with E-state index < -0.39 is 0 Å². The topological polar surface area (TPSA) is 32.7 Å². The second kappa shape index (κ2) is 4.90. The summed E-state index contributed by atoms with van der Waals surface area (Å²) < 4.78 is 5.99. The molecule has 1 aromatic rings. The summed E-state index contributed by atoms with van der Waals surface area (Å²) in [5.41, 5.74) is 2.54. The maximum absolute atomic E-state index is 9.68. The van der Waals surface area contributed by atoms with Crippen LogP contribution in [0.15, 0.2) is 18.2 Å². The number of benzene rings is 1. The van der Waals surface area contributed by atoms with Crippen LogP contribution in [-0.2, 0) is 11.2 Å². The van der Waals surface area contributed by atoms with Gasteiger partial charge in [0.2, 0.25) is 0 Å². The van der Waals surface area contributed by atoms with Crippen molar-refractivity contribution in [1.82, 2.24) is 4.90 Å². The van der Waals surface area contributed by atoms with E-state index in [9.17, 15) is 5.11 Å². The summed E-state index contributed by atoms with van der Waals surface area (Å²) in [5.74, 6) is 0.352. The van der Waals surface area contributed by atoms with Gasteiger partial charge in [-0.2, -0.15) is 0 Å². The predicted octanol–water partition coefficient (Wildman–Crippen LogP) is 2.49. The van der Waals surface area contributed by atoms with E-state index in [1.807, 2.05) is 12.1 Å². The second-order valence-corrected chi connectivity index (χ2v) is 5.32. The number of phenolic OH excluding ortho intramolecular Hbond substituents is 1. The van der Waals surface area contributed by atoms with E-state index in [1.54, 1.807) is 6.07 Å². The Morgan fingerprint density at radius 1 is 1.44 bits per heavy atom. The third kappa shape index (κ3) is 2.02. The number of rotatable bonds is 2. The molecule has 0 unspecified atom stereocenters. The summed E-state index contributed by atoms with van der Waals surface area (Å²) in [6, 6.07) is 6.21. The first-order valence-electron chi connectivity index (χ1n) is 6.97. The van der Waals surface area contributed by atoms with Gasteiger partial charge in [-0.25, -0.2) is 0 Å². The van der Waals surface area contributed by atoms with Gasteiger partial charge < -0.3 is 9.84 Å². The molecule has 98 valence electrons. The van der Waals surface area contributed by atoms with Gasteiger partial charge in [-0.3, -0.25) is 4.90 Å². The van der Waals surface area contributed by atoms with E-state index in [1.165, 1.54) is 24.0 Å². The minimum atomic E-state index is 0.154. The lowest BCUT2D eigenvalue weighted by Gasteiger charge is -2.44. The second-order valence-electron chi connectivity index (χ2n) is 5.32. The molecule has 0 spiro atoms. The van der Waals surface area contributed by atoms with Crippen LogP contribution in [0.2, 0.25) is 0 Å². The van der Waals surface area contributed by atoms with Crippen LogP contribution >= 0.6 is 0 Å². The summed E-state index contributed by atoms with van der Waals surface area (Å²) in [6.07, 6.45) is 3.61. The fourth-order valence-electron chi connectivity index (χ4n) is 3.34. The van der Waals surface area contributed by atoms with Crippen molar-refractivity contribution < 1.29 is 9.84 Å². The van der Waals surface area contributed by atoms with Gasteiger partial charge in [-0.05, 0) is 49.1 Å². The normalized spacial score (nSPS) is 27.6. The molecule has 0 aromatic heterocycles. The fourth-order valence-corrected chi connectivity index (χ4v) is 3.34. The first-order valence-corrected chi connectivity index (χ1v) is 6.97. The maximum Gasteiger partial charge on any atom is 0.115 e. The number of hydrogen-bond donors (Lipinski definition) is 1. The van der Waals surface area contributed by atoms with Crippen LogP contribution in [0, 0.1) is 0 Å². The first-order chi connectivity index (χ1) is 8.79. The third-order valence-electron chi connectivity index (χ3n) is 4.15. The Hall–Kier alpha value is -1.06. The molecule has 1 aromatic carbocycles. The molecule has 3 heteroatoms. The zero-order chi connectivity index (χ0) is 12.5. The molecular formula is C15H21NO2. The minimum Gasteiger partial charge on any atom is -0.508 e. The van der Waals surface area contributed by atoms with Crippen molar-refractivity contribution in [3.63, 3.8) is 0 Å². The van der Waals surface area contributed by atoms with E-state index in [4.69, 9.17) is 4.74 Å². The van der Waals surface area contributed by atoms with E-state index >= 15 is 0 Å². The van der Waals surface area contributed by atoms with E-state index in [0.717, 1.165) is 26.1 Å². The van der Waals surface area contributed by atoms with Crippen molar-refractivity contribution in [2.45, 2.75) is 38.3 Å². The minimum absolute atomic E-state index is 0.154. The van der Waals surface area contributed by atoms with Crippen molar-refractivity contribution >= 4 is 0 Å². The number of aromatic hydroxyl groups is 1. The Morgan fingerprint density at radius 3 is 3.17 bits per heavy atom. The summed E-state index contributed by atoms with van der Waals surface area (Å²) in [7, 11) is 0. The van der Waals surface area contributed by atoms with Crippen molar-refractivity contribution in [3.05, 3.63) is 29.3 Å². The Kier molecular flexibility index (Phi) is 3.27. The molecule has 1 aliphatic heterocycles. The van der Waals surface area contributed by atoms with Gasteiger partial charge in [0.05, 0.1) is 12.7 Å². The molecule has 0 bridgehead atoms. The van der Waals surface area contributed by atoms with Gasteiger partial charge >= 0.3 is 0 Å². The van der Waals surface area contributed by atoms with Crippen LogP contribution < -0.4 is 0 Å².